The minimum absolute atomic E-state index is 0.000669. The summed E-state index contributed by atoms with van der Waals surface area (Å²) in [6.07, 6.45) is 1.71. The van der Waals surface area contributed by atoms with Gasteiger partial charge in [-0.25, -0.2) is 0 Å². The summed E-state index contributed by atoms with van der Waals surface area (Å²) in [6, 6.07) is 11.5. The molecule has 2 aromatic rings. The Morgan fingerprint density at radius 2 is 1.90 bits per heavy atom. The van der Waals surface area contributed by atoms with Crippen molar-refractivity contribution < 1.29 is 18.7 Å². The molecule has 29 heavy (non-hydrogen) atoms. The van der Waals surface area contributed by atoms with Gasteiger partial charge in [0.15, 0.2) is 0 Å². The molecule has 2 aliphatic rings. The lowest BCUT2D eigenvalue weighted by atomic mass is 9.77. The first-order valence-corrected chi connectivity index (χ1v) is 10.2. The third-order valence-corrected chi connectivity index (χ3v) is 6.23. The van der Waals surface area contributed by atoms with Gasteiger partial charge in [0.05, 0.1) is 12.1 Å². The maximum absolute atomic E-state index is 13.2. The topological polar surface area (TPSA) is 71.8 Å². The molecule has 1 aliphatic heterocycles. The summed E-state index contributed by atoms with van der Waals surface area (Å²) in [5, 5.41) is 3.02. The van der Waals surface area contributed by atoms with E-state index >= 15 is 0 Å². The number of rotatable bonds is 4. The second kappa shape index (κ2) is 8.03. The number of aryl methyl sites for hydroxylation is 1. The van der Waals surface area contributed by atoms with Crippen molar-refractivity contribution in [3.63, 3.8) is 0 Å². The number of nitrogens with zero attached hydrogens (tertiary/aromatic N) is 1. The number of fused-ring (bicyclic) bond motifs is 1. The first-order chi connectivity index (χ1) is 13.9. The molecule has 6 heteroatoms. The van der Waals surface area contributed by atoms with Crippen molar-refractivity contribution in [3.05, 3.63) is 47.7 Å². The molecule has 1 saturated heterocycles. The van der Waals surface area contributed by atoms with Crippen molar-refractivity contribution >= 4 is 11.8 Å². The van der Waals surface area contributed by atoms with Gasteiger partial charge in [-0.1, -0.05) is 12.1 Å². The van der Waals surface area contributed by atoms with Gasteiger partial charge in [0, 0.05) is 38.2 Å². The fourth-order valence-corrected chi connectivity index (χ4v) is 4.83. The number of carbonyl (C=O) groups is 2. The van der Waals surface area contributed by atoms with E-state index in [0.717, 1.165) is 43.0 Å². The molecular formula is C23H28N2O4. The molecule has 2 amide bonds. The molecule has 0 bridgehead atoms. The van der Waals surface area contributed by atoms with Crippen LogP contribution >= 0.6 is 0 Å². The Bertz CT molecular complexity index is 906. The molecular weight excluding hydrogens is 368 g/mol. The number of furan rings is 1. The molecule has 4 atom stereocenters. The van der Waals surface area contributed by atoms with Crippen LogP contribution in [0.5, 0.6) is 0 Å². The first kappa shape index (κ1) is 19.7. The van der Waals surface area contributed by atoms with Crippen LogP contribution in [0.4, 0.5) is 0 Å². The second-order valence-corrected chi connectivity index (χ2v) is 8.27. The number of nitrogens with one attached hydrogen (secondary N) is 1. The van der Waals surface area contributed by atoms with Crippen LogP contribution in [0.2, 0.25) is 0 Å². The van der Waals surface area contributed by atoms with E-state index in [2.05, 4.69) is 5.32 Å². The van der Waals surface area contributed by atoms with Crippen LogP contribution in [0.3, 0.4) is 0 Å². The number of likely N-dealkylation sites (tertiary alicyclic amines) is 1. The van der Waals surface area contributed by atoms with Gasteiger partial charge in [-0.05, 0) is 55.9 Å². The van der Waals surface area contributed by atoms with E-state index < -0.39 is 0 Å². The lowest BCUT2D eigenvalue weighted by Gasteiger charge is -2.37. The number of amides is 2. The highest BCUT2D eigenvalue weighted by Crippen LogP contribution is 2.38. The van der Waals surface area contributed by atoms with Gasteiger partial charge in [0.1, 0.15) is 11.5 Å². The van der Waals surface area contributed by atoms with Crippen LogP contribution in [-0.4, -0.2) is 49.1 Å². The molecule has 0 radical (unpaired) electrons. The molecule has 1 aromatic heterocycles. The van der Waals surface area contributed by atoms with E-state index in [9.17, 15) is 9.59 Å². The molecule has 4 rings (SSSR count). The van der Waals surface area contributed by atoms with Gasteiger partial charge in [-0.3, -0.25) is 9.59 Å². The zero-order valence-corrected chi connectivity index (χ0v) is 17.2. The summed E-state index contributed by atoms with van der Waals surface area (Å²) in [5.74, 6) is 2.43. The van der Waals surface area contributed by atoms with Crippen molar-refractivity contribution in [2.45, 2.75) is 38.8 Å². The minimum Gasteiger partial charge on any atom is -0.461 e. The number of ether oxygens (including phenoxy) is 1. The molecule has 6 nitrogen and oxygen atoms in total. The maximum Gasteiger partial charge on any atom is 0.253 e. The monoisotopic (exact) mass is 396 g/mol. The third kappa shape index (κ3) is 4.08. The van der Waals surface area contributed by atoms with Gasteiger partial charge in [0.2, 0.25) is 5.91 Å². The second-order valence-electron chi connectivity index (χ2n) is 8.27. The summed E-state index contributed by atoms with van der Waals surface area (Å²) in [7, 11) is 1.69. The van der Waals surface area contributed by atoms with E-state index in [1.54, 1.807) is 7.11 Å². The largest absolute Gasteiger partial charge is 0.461 e. The van der Waals surface area contributed by atoms with Gasteiger partial charge in [0.25, 0.3) is 5.91 Å². The van der Waals surface area contributed by atoms with Crippen LogP contribution in [0.15, 0.2) is 40.8 Å². The van der Waals surface area contributed by atoms with E-state index in [0.29, 0.717) is 17.4 Å². The van der Waals surface area contributed by atoms with E-state index in [4.69, 9.17) is 9.15 Å². The fourth-order valence-electron chi connectivity index (χ4n) is 4.83. The normalized spacial score (nSPS) is 26.2. The Kier molecular flexibility index (Phi) is 5.46. The zero-order valence-electron chi connectivity index (χ0n) is 17.2. The standard InChI is InChI=1S/C23H28N2O4/c1-14-7-8-21(29-14)16-5-4-6-17(9-16)23(27)25-12-18-10-20(24-15(2)26)22(28-3)11-19(18)13-25/h4-9,18-20,22H,10-13H2,1-3H3,(H,24,26)/t18-,19+,20-,22-/m1/s1. The lowest BCUT2D eigenvalue weighted by Crippen LogP contribution is -2.49. The molecule has 2 fully saturated rings. The summed E-state index contributed by atoms with van der Waals surface area (Å²) in [6.45, 7) is 4.91. The average molecular weight is 396 g/mol. The van der Waals surface area contributed by atoms with Crippen molar-refractivity contribution in [2.75, 3.05) is 20.2 Å². The maximum atomic E-state index is 13.2. The van der Waals surface area contributed by atoms with Gasteiger partial charge in [-0.2, -0.15) is 0 Å². The van der Waals surface area contributed by atoms with Crippen molar-refractivity contribution in [3.8, 4) is 11.3 Å². The summed E-state index contributed by atoms with van der Waals surface area (Å²) in [4.78, 5) is 26.7. The van der Waals surface area contributed by atoms with E-state index in [1.165, 1.54) is 6.92 Å². The number of methoxy groups -OCH3 is 1. The van der Waals surface area contributed by atoms with Gasteiger partial charge < -0.3 is 19.4 Å². The highest BCUT2D eigenvalue weighted by Gasteiger charge is 2.44. The summed E-state index contributed by atoms with van der Waals surface area (Å²) >= 11 is 0. The Balaban J connectivity index is 1.48. The minimum atomic E-state index is -0.0357. The Hall–Kier alpha value is -2.60. The predicted molar refractivity (Wildman–Crippen MR) is 109 cm³/mol. The highest BCUT2D eigenvalue weighted by molar-refractivity contribution is 5.95. The van der Waals surface area contributed by atoms with E-state index in [1.807, 2.05) is 48.2 Å². The van der Waals surface area contributed by atoms with Crippen LogP contribution in [-0.2, 0) is 9.53 Å². The predicted octanol–water partition coefficient (Wildman–Crippen LogP) is 3.26. The molecule has 0 unspecified atom stereocenters. The molecule has 2 heterocycles. The van der Waals surface area contributed by atoms with Crippen molar-refractivity contribution in [2.24, 2.45) is 11.8 Å². The van der Waals surface area contributed by atoms with Crippen LogP contribution in [0.1, 0.15) is 35.9 Å². The van der Waals surface area contributed by atoms with Crippen LogP contribution in [0, 0.1) is 18.8 Å². The quantitative estimate of drug-likeness (QED) is 0.861. The zero-order chi connectivity index (χ0) is 20.5. The fraction of sp³-hybridized carbons (Fsp3) is 0.478. The average Bonchev–Trinajstić information content (AvgIpc) is 3.32. The Morgan fingerprint density at radius 3 is 2.55 bits per heavy atom. The number of hydrogen-bond donors (Lipinski definition) is 1. The Morgan fingerprint density at radius 1 is 1.14 bits per heavy atom. The Labute approximate surface area is 171 Å². The molecule has 1 aromatic carbocycles. The highest BCUT2D eigenvalue weighted by atomic mass is 16.5. The molecule has 1 aliphatic carbocycles. The lowest BCUT2D eigenvalue weighted by molar-refractivity contribution is -0.121. The summed E-state index contributed by atoms with van der Waals surface area (Å²) in [5.41, 5.74) is 1.59. The summed E-state index contributed by atoms with van der Waals surface area (Å²) < 4.78 is 11.3. The third-order valence-electron chi connectivity index (χ3n) is 6.23. The van der Waals surface area contributed by atoms with Gasteiger partial charge >= 0.3 is 0 Å². The molecule has 1 saturated carbocycles. The van der Waals surface area contributed by atoms with Crippen molar-refractivity contribution in [1.29, 1.82) is 0 Å². The molecule has 1 N–H and O–H groups in total. The van der Waals surface area contributed by atoms with Gasteiger partial charge in [-0.15, -0.1) is 0 Å². The van der Waals surface area contributed by atoms with E-state index in [-0.39, 0.29) is 24.0 Å². The molecule has 0 spiro atoms. The molecule has 154 valence electrons. The smallest absolute Gasteiger partial charge is 0.253 e. The first-order valence-electron chi connectivity index (χ1n) is 10.2. The van der Waals surface area contributed by atoms with Crippen LogP contribution < -0.4 is 5.32 Å². The van der Waals surface area contributed by atoms with Crippen molar-refractivity contribution in [1.82, 2.24) is 10.2 Å². The SMILES string of the molecule is CO[C@@H]1C[C@H]2CN(C(=O)c3cccc(-c4ccc(C)o4)c3)C[C@H]2C[C@H]1NC(C)=O. The number of benzene rings is 1. The number of carbonyl (C=O) groups excluding carboxylic acids is 2. The number of hydrogen-bond acceptors (Lipinski definition) is 4. The van der Waals surface area contributed by atoms with Crippen LogP contribution in [0.25, 0.3) is 11.3 Å².